The SMILES string of the molecule is c1ccc2c(c1)Oc1ccc(-c3nc(-c4ccc5c(c4)sc4ccccc45)nc(C45CC6C[C@@H]7C[C@@H](C4)CC67C5)n3)cc1C21c2ccccc2-c2ccccc21. The molecule has 3 heterocycles. The average molecular weight is 740 g/mol. The van der Waals surface area contributed by atoms with Gasteiger partial charge in [0, 0.05) is 47.8 Å². The molecule has 8 aromatic rings. The highest BCUT2D eigenvalue weighted by Crippen LogP contribution is 2.78. The largest absolute Gasteiger partial charge is 0.457 e. The van der Waals surface area contributed by atoms with Crippen molar-refractivity contribution < 1.29 is 4.74 Å². The maximum absolute atomic E-state index is 6.80. The standard InChI is InChI=1S/C51H37N3OS/c1-4-12-38-34(9-1)35-10-2-5-13-39(35)51(38)40-14-6-7-15-42(40)55-43-20-18-30(22-41(43)51)46-52-47(31-17-19-37-36-11-3-8-16-44(36)56-45(37)23-31)54-48(53-46)49-25-29-21-32-24-33(27-49)50(32,26-29)28-49/h1-20,22-23,29,32-33H,21,24-28H2/t29-,32-,33?,49?,50?/m0/s1. The van der Waals surface area contributed by atoms with E-state index in [4.69, 9.17) is 19.7 Å². The number of thiophene rings is 1. The van der Waals surface area contributed by atoms with E-state index in [1.807, 2.05) is 11.3 Å². The highest BCUT2D eigenvalue weighted by molar-refractivity contribution is 7.25. The Kier molecular flexibility index (Phi) is 5.67. The third kappa shape index (κ3) is 3.69. The Labute approximate surface area is 329 Å². The van der Waals surface area contributed by atoms with E-state index in [9.17, 15) is 0 Å². The summed E-state index contributed by atoms with van der Waals surface area (Å²) < 4.78 is 9.38. The van der Waals surface area contributed by atoms with Crippen LogP contribution in [0.3, 0.4) is 0 Å². The van der Waals surface area contributed by atoms with Crippen LogP contribution in [0.25, 0.3) is 54.1 Å². The average Bonchev–Trinajstić information content (AvgIpc) is 3.88. The Morgan fingerprint density at radius 1 is 0.536 bits per heavy atom. The Bertz CT molecular complexity index is 2990. The Morgan fingerprint density at radius 2 is 1.21 bits per heavy atom. The van der Waals surface area contributed by atoms with Gasteiger partial charge in [0.1, 0.15) is 17.3 Å². The lowest BCUT2D eigenvalue weighted by Gasteiger charge is -2.49. The van der Waals surface area contributed by atoms with Crippen LogP contribution >= 0.6 is 11.3 Å². The summed E-state index contributed by atoms with van der Waals surface area (Å²) >= 11 is 1.85. The Hall–Kier alpha value is -5.65. The molecule has 2 aromatic heterocycles. The van der Waals surface area contributed by atoms with E-state index in [2.05, 4.69) is 133 Å². The third-order valence-corrected chi connectivity index (χ3v) is 16.5. The lowest BCUT2D eigenvalue weighted by Crippen LogP contribution is -2.42. The van der Waals surface area contributed by atoms with Gasteiger partial charge >= 0.3 is 0 Å². The van der Waals surface area contributed by atoms with E-state index in [1.165, 1.54) is 86.5 Å². The van der Waals surface area contributed by atoms with Crippen LogP contribution in [0.4, 0.5) is 0 Å². The number of para-hydroxylation sites is 1. The number of aromatic nitrogens is 3. The first-order valence-electron chi connectivity index (χ1n) is 20.4. The maximum Gasteiger partial charge on any atom is 0.163 e. The van der Waals surface area contributed by atoms with Crippen molar-refractivity contribution in [1.29, 1.82) is 0 Å². The molecule has 5 heteroatoms. The normalized spacial score (nSPS) is 26.4. The number of rotatable bonds is 3. The van der Waals surface area contributed by atoms with Crippen LogP contribution in [0.2, 0.25) is 0 Å². The van der Waals surface area contributed by atoms with Crippen LogP contribution < -0.4 is 4.74 Å². The van der Waals surface area contributed by atoms with Gasteiger partial charge in [0.15, 0.2) is 11.6 Å². The fourth-order valence-corrected chi connectivity index (χ4v) is 14.5. The van der Waals surface area contributed by atoms with Crippen molar-refractivity contribution in [3.8, 4) is 45.4 Å². The first kappa shape index (κ1) is 30.6. The van der Waals surface area contributed by atoms with Crippen molar-refractivity contribution in [1.82, 2.24) is 15.0 Å². The highest BCUT2D eigenvalue weighted by Gasteiger charge is 2.71. The maximum atomic E-state index is 6.80. The molecule has 56 heavy (non-hydrogen) atoms. The number of fused-ring (bicyclic) bond motifs is 14. The summed E-state index contributed by atoms with van der Waals surface area (Å²) in [5.41, 5.74) is 9.50. The molecular weight excluding hydrogens is 703 g/mol. The second-order valence-corrected chi connectivity index (χ2v) is 18.9. The van der Waals surface area contributed by atoms with Crippen LogP contribution in [0.1, 0.15) is 66.6 Å². The molecular formula is C51H37N3OS. The lowest BCUT2D eigenvalue weighted by atomic mass is 9.55. The third-order valence-electron chi connectivity index (χ3n) is 15.3. The summed E-state index contributed by atoms with van der Waals surface area (Å²) in [5.74, 6) is 6.89. The van der Waals surface area contributed by atoms with Gasteiger partial charge in [-0.3, -0.25) is 0 Å². The molecule has 0 amide bonds. The second kappa shape index (κ2) is 10.4. The molecule has 14 rings (SSSR count). The quantitative estimate of drug-likeness (QED) is 0.181. The van der Waals surface area contributed by atoms with E-state index >= 15 is 0 Å². The first-order valence-corrected chi connectivity index (χ1v) is 21.2. The zero-order chi connectivity index (χ0) is 36.4. The number of ether oxygens (including phenoxy) is 1. The monoisotopic (exact) mass is 739 g/mol. The number of nitrogens with zero attached hydrogens (tertiary/aromatic N) is 3. The predicted octanol–water partition coefficient (Wildman–Crippen LogP) is 12.5. The van der Waals surface area contributed by atoms with Gasteiger partial charge in [-0.25, -0.2) is 15.0 Å². The zero-order valence-corrected chi connectivity index (χ0v) is 31.7. The van der Waals surface area contributed by atoms with E-state index in [0.29, 0.717) is 5.41 Å². The van der Waals surface area contributed by atoms with Crippen LogP contribution in [0.5, 0.6) is 11.5 Å². The molecule has 6 aromatic carbocycles. The van der Waals surface area contributed by atoms with Crippen molar-refractivity contribution in [2.75, 3.05) is 0 Å². The molecule has 0 saturated heterocycles. The molecule has 5 atom stereocenters. The fourth-order valence-electron chi connectivity index (χ4n) is 13.4. The Morgan fingerprint density at radius 3 is 2.05 bits per heavy atom. The van der Waals surface area contributed by atoms with Crippen LogP contribution in [-0.2, 0) is 10.8 Å². The zero-order valence-electron chi connectivity index (χ0n) is 30.8. The Balaban J connectivity index is 1.00. The van der Waals surface area contributed by atoms with Gasteiger partial charge in [-0.15, -0.1) is 11.3 Å². The van der Waals surface area contributed by atoms with E-state index in [0.717, 1.165) is 63.4 Å². The molecule has 5 aliphatic carbocycles. The lowest BCUT2D eigenvalue weighted by molar-refractivity contribution is -0.000324. The molecule has 4 saturated carbocycles. The number of benzene rings is 6. The minimum absolute atomic E-state index is 0.0216. The summed E-state index contributed by atoms with van der Waals surface area (Å²) in [4.78, 5) is 16.6. The summed E-state index contributed by atoms with van der Waals surface area (Å²) in [6.07, 6.45) is 7.92. The molecule has 4 fully saturated rings. The molecule has 3 unspecified atom stereocenters. The van der Waals surface area contributed by atoms with Gasteiger partial charge in [0.05, 0.1) is 5.41 Å². The molecule has 6 aliphatic rings. The fraction of sp³-hybridized carbons (Fsp3) is 0.235. The van der Waals surface area contributed by atoms with Crippen LogP contribution in [0.15, 0.2) is 133 Å². The summed E-state index contributed by atoms with van der Waals surface area (Å²) in [5, 5.41) is 2.60. The smallest absolute Gasteiger partial charge is 0.163 e. The van der Waals surface area contributed by atoms with E-state index < -0.39 is 5.41 Å². The van der Waals surface area contributed by atoms with Gasteiger partial charge in [-0.05, 0) is 120 Å². The molecule has 1 aliphatic heterocycles. The molecule has 3 bridgehead atoms. The minimum Gasteiger partial charge on any atom is -0.457 e. The molecule has 268 valence electrons. The van der Waals surface area contributed by atoms with Crippen LogP contribution in [0, 0.1) is 23.2 Å². The van der Waals surface area contributed by atoms with Gasteiger partial charge in [-0.2, -0.15) is 0 Å². The van der Waals surface area contributed by atoms with E-state index in [1.54, 1.807) is 0 Å². The summed E-state index contributed by atoms with van der Waals surface area (Å²) in [7, 11) is 0. The summed E-state index contributed by atoms with van der Waals surface area (Å²) in [6, 6.07) is 48.7. The van der Waals surface area contributed by atoms with Gasteiger partial charge < -0.3 is 4.74 Å². The molecule has 4 nitrogen and oxygen atoms in total. The van der Waals surface area contributed by atoms with Crippen molar-refractivity contribution >= 4 is 31.5 Å². The van der Waals surface area contributed by atoms with Crippen molar-refractivity contribution in [3.63, 3.8) is 0 Å². The number of hydrogen-bond acceptors (Lipinski definition) is 5. The second-order valence-electron chi connectivity index (χ2n) is 17.8. The van der Waals surface area contributed by atoms with Crippen molar-refractivity contribution in [2.45, 2.75) is 49.4 Å². The van der Waals surface area contributed by atoms with Crippen LogP contribution in [-0.4, -0.2) is 15.0 Å². The first-order chi connectivity index (χ1) is 27.6. The molecule has 0 radical (unpaired) electrons. The number of hydrogen-bond donors (Lipinski definition) is 0. The van der Waals surface area contributed by atoms with Crippen molar-refractivity contribution in [2.24, 2.45) is 23.2 Å². The molecule has 2 spiro atoms. The molecule has 0 N–H and O–H groups in total. The highest BCUT2D eigenvalue weighted by atomic mass is 32.1. The summed E-state index contributed by atoms with van der Waals surface area (Å²) in [6.45, 7) is 0. The van der Waals surface area contributed by atoms with Gasteiger partial charge in [-0.1, -0.05) is 97.1 Å². The topological polar surface area (TPSA) is 47.9 Å². The van der Waals surface area contributed by atoms with Gasteiger partial charge in [0.2, 0.25) is 0 Å². The van der Waals surface area contributed by atoms with Crippen molar-refractivity contribution in [3.05, 3.63) is 162 Å². The minimum atomic E-state index is -0.543. The predicted molar refractivity (Wildman–Crippen MR) is 223 cm³/mol. The van der Waals surface area contributed by atoms with Gasteiger partial charge in [0.25, 0.3) is 0 Å². The van der Waals surface area contributed by atoms with E-state index in [-0.39, 0.29) is 5.41 Å².